The maximum absolute atomic E-state index is 8.73. The second-order valence-electron chi connectivity index (χ2n) is 4.06. The average Bonchev–Trinajstić information content (AvgIpc) is 2.80. The third-order valence-corrected chi connectivity index (χ3v) is 2.89. The first-order chi connectivity index (χ1) is 9.19. The summed E-state index contributed by atoms with van der Waals surface area (Å²) in [6, 6.07) is 7.69. The minimum absolute atomic E-state index is 0.301. The summed E-state index contributed by atoms with van der Waals surface area (Å²) in [4.78, 5) is 7.60. The van der Waals surface area contributed by atoms with E-state index in [1.54, 1.807) is 14.2 Å². The molecule has 0 amide bonds. The lowest BCUT2D eigenvalue weighted by Crippen LogP contribution is -1.91. The van der Waals surface area contributed by atoms with E-state index in [4.69, 9.17) is 14.7 Å². The van der Waals surface area contributed by atoms with Crippen molar-refractivity contribution in [3.8, 4) is 29.0 Å². The van der Waals surface area contributed by atoms with Crippen molar-refractivity contribution >= 4 is 0 Å². The van der Waals surface area contributed by atoms with Gasteiger partial charge in [-0.1, -0.05) is 0 Å². The van der Waals surface area contributed by atoms with Crippen LogP contribution in [0.2, 0.25) is 0 Å². The molecule has 0 atom stereocenters. The Bertz CT molecular complexity index is 626. The minimum atomic E-state index is 0.301. The second-order valence-corrected chi connectivity index (χ2v) is 4.06. The number of aromatic nitrogens is 2. The van der Waals surface area contributed by atoms with Crippen LogP contribution in [0.5, 0.6) is 11.5 Å². The van der Waals surface area contributed by atoms with Crippen LogP contribution >= 0.6 is 0 Å². The number of nitriles is 1. The van der Waals surface area contributed by atoms with E-state index in [1.165, 1.54) is 0 Å². The number of hydrogen-bond donors (Lipinski definition) is 1. The van der Waals surface area contributed by atoms with Crippen molar-refractivity contribution in [3.05, 3.63) is 29.6 Å². The summed E-state index contributed by atoms with van der Waals surface area (Å²) in [5.41, 5.74) is 2.57. The normalized spacial score (nSPS) is 10.0. The predicted octanol–water partition coefficient (Wildman–Crippen LogP) is 2.47. The molecule has 2 aromatic rings. The van der Waals surface area contributed by atoms with Gasteiger partial charge in [-0.25, -0.2) is 4.98 Å². The molecular weight excluding hydrogens is 242 g/mol. The fraction of sp³-hybridized carbons (Fsp3) is 0.286. The van der Waals surface area contributed by atoms with Crippen LogP contribution in [0, 0.1) is 18.3 Å². The average molecular weight is 257 g/mol. The van der Waals surface area contributed by atoms with Gasteiger partial charge in [-0.2, -0.15) is 5.26 Å². The standard InChI is InChI=1S/C14H15N3O2/c1-9-11(6-7-15)17-14(16-9)10-4-5-12(18-2)13(8-10)19-3/h4-5,8H,6H2,1-3H3,(H,16,17). The molecule has 1 aromatic heterocycles. The third kappa shape index (κ3) is 2.52. The number of hydrogen-bond acceptors (Lipinski definition) is 4. The zero-order valence-corrected chi connectivity index (χ0v) is 11.2. The Labute approximate surface area is 111 Å². The molecule has 0 aliphatic rings. The second kappa shape index (κ2) is 5.44. The summed E-state index contributed by atoms with van der Waals surface area (Å²) in [7, 11) is 3.19. The number of nitrogens with one attached hydrogen (secondary N) is 1. The molecule has 1 N–H and O–H groups in total. The number of H-pyrrole nitrogens is 1. The number of benzene rings is 1. The maximum Gasteiger partial charge on any atom is 0.161 e. The van der Waals surface area contributed by atoms with Crippen LogP contribution < -0.4 is 9.47 Å². The Kier molecular flexibility index (Phi) is 3.71. The molecule has 0 unspecified atom stereocenters. The summed E-state index contributed by atoms with van der Waals surface area (Å²) in [6.07, 6.45) is 0.301. The highest BCUT2D eigenvalue weighted by Gasteiger charge is 2.11. The summed E-state index contributed by atoms with van der Waals surface area (Å²) >= 11 is 0. The van der Waals surface area contributed by atoms with Crippen molar-refractivity contribution in [2.75, 3.05) is 14.2 Å². The SMILES string of the molecule is COc1ccc(-c2nc(CC#N)c(C)[nH]2)cc1OC. The number of rotatable bonds is 4. The van der Waals surface area contributed by atoms with Crippen molar-refractivity contribution in [1.82, 2.24) is 9.97 Å². The molecule has 0 fully saturated rings. The molecule has 0 aliphatic heterocycles. The van der Waals surface area contributed by atoms with Gasteiger partial charge in [-0.05, 0) is 25.1 Å². The lowest BCUT2D eigenvalue weighted by Gasteiger charge is -2.08. The molecule has 0 saturated heterocycles. The summed E-state index contributed by atoms with van der Waals surface area (Å²) in [5, 5.41) is 8.73. The van der Waals surface area contributed by atoms with Crippen LogP contribution in [0.25, 0.3) is 11.4 Å². The van der Waals surface area contributed by atoms with E-state index in [2.05, 4.69) is 16.0 Å². The quantitative estimate of drug-likeness (QED) is 0.913. The van der Waals surface area contributed by atoms with E-state index < -0.39 is 0 Å². The number of ether oxygens (including phenoxy) is 2. The molecule has 98 valence electrons. The molecule has 0 aliphatic carbocycles. The largest absolute Gasteiger partial charge is 0.493 e. The van der Waals surface area contributed by atoms with Crippen molar-refractivity contribution < 1.29 is 9.47 Å². The van der Waals surface area contributed by atoms with Crippen LogP contribution in [0.3, 0.4) is 0 Å². The van der Waals surface area contributed by atoms with Crippen LogP contribution in [0.4, 0.5) is 0 Å². The Morgan fingerprint density at radius 1 is 1.26 bits per heavy atom. The van der Waals surface area contributed by atoms with Gasteiger partial charge in [0.05, 0.1) is 32.4 Å². The van der Waals surface area contributed by atoms with Crippen molar-refractivity contribution in [3.63, 3.8) is 0 Å². The fourth-order valence-corrected chi connectivity index (χ4v) is 1.86. The molecule has 2 rings (SSSR count). The van der Waals surface area contributed by atoms with Crippen LogP contribution in [-0.4, -0.2) is 24.2 Å². The molecule has 19 heavy (non-hydrogen) atoms. The van der Waals surface area contributed by atoms with E-state index in [0.29, 0.717) is 17.9 Å². The van der Waals surface area contributed by atoms with Gasteiger partial charge in [0.1, 0.15) is 5.82 Å². The van der Waals surface area contributed by atoms with Gasteiger partial charge in [0, 0.05) is 11.3 Å². The monoisotopic (exact) mass is 257 g/mol. The van der Waals surface area contributed by atoms with Gasteiger partial charge in [0.2, 0.25) is 0 Å². The zero-order valence-electron chi connectivity index (χ0n) is 11.2. The molecular formula is C14H15N3O2. The molecule has 5 heteroatoms. The van der Waals surface area contributed by atoms with E-state index in [9.17, 15) is 0 Å². The highest BCUT2D eigenvalue weighted by atomic mass is 16.5. The molecule has 0 radical (unpaired) electrons. The smallest absolute Gasteiger partial charge is 0.161 e. The molecule has 1 aromatic carbocycles. The Hall–Kier alpha value is -2.48. The van der Waals surface area contributed by atoms with Gasteiger partial charge in [0.15, 0.2) is 11.5 Å². The van der Waals surface area contributed by atoms with Gasteiger partial charge in [-0.15, -0.1) is 0 Å². The molecule has 0 saturated carbocycles. The Morgan fingerprint density at radius 3 is 2.63 bits per heavy atom. The number of imidazole rings is 1. The maximum atomic E-state index is 8.73. The van der Waals surface area contributed by atoms with Gasteiger partial charge < -0.3 is 14.5 Å². The number of nitrogens with zero attached hydrogens (tertiary/aromatic N) is 2. The van der Waals surface area contributed by atoms with Crippen molar-refractivity contribution in [2.45, 2.75) is 13.3 Å². The Balaban J connectivity index is 2.42. The van der Waals surface area contributed by atoms with Crippen LogP contribution in [0.1, 0.15) is 11.4 Å². The first-order valence-electron chi connectivity index (χ1n) is 5.84. The fourth-order valence-electron chi connectivity index (χ4n) is 1.86. The highest BCUT2D eigenvalue weighted by molar-refractivity contribution is 5.61. The first-order valence-corrected chi connectivity index (χ1v) is 5.84. The van der Waals surface area contributed by atoms with Gasteiger partial charge in [-0.3, -0.25) is 0 Å². The zero-order chi connectivity index (χ0) is 13.8. The first kappa shape index (κ1) is 13.0. The summed E-state index contributed by atoms with van der Waals surface area (Å²) in [5.74, 6) is 2.05. The van der Waals surface area contributed by atoms with Gasteiger partial charge in [0.25, 0.3) is 0 Å². The molecule has 5 nitrogen and oxygen atoms in total. The van der Waals surface area contributed by atoms with E-state index in [1.807, 2.05) is 25.1 Å². The molecule has 0 bridgehead atoms. The van der Waals surface area contributed by atoms with Crippen molar-refractivity contribution in [2.24, 2.45) is 0 Å². The van der Waals surface area contributed by atoms with Gasteiger partial charge >= 0.3 is 0 Å². The predicted molar refractivity (Wildman–Crippen MR) is 71.2 cm³/mol. The lowest BCUT2D eigenvalue weighted by atomic mass is 10.2. The molecule has 0 spiro atoms. The number of methoxy groups -OCH3 is 2. The third-order valence-electron chi connectivity index (χ3n) is 2.89. The summed E-state index contributed by atoms with van der Waals surface area (Å²) in [6.45, 7) is 1.91. The van der Waals surface area contributed by atoms with E-state index >= 15 is 0 Å². The minimum Gasteiger partial charge on any atom is -0.493 e. The van der Waals surface area contributed by atoms with E-state index in [-0.39, 0.29) is 0 Å². The topological polar surface area (TPSA) is 70.9 Å². The number of aryl methyl sites for hydroxylation is 1. The number of aromatic amines is 1. The van der Waals surface area contributed by atoms with Crippen molar-refractivity contribution in [1.29, 1.82) is 5.26 Å². The Morgan fingerprint density at radius 2 is 2.00 bits per heavy atom. The highest BCUT2D eigenvalue weighted by Crippen LogP contribution is 2.31. The van der Waals surface area contributed by atoms with E-state index in [0.717, 1.165) is 22.8 Å². The lowest BCUT2D eigenvalue weighted by molar-refractivity contribution is 0.355. The summed E-state index contributed by atoms with van der Waals surface area (Å²) < 4.78 is 10.5. The molecule has 1 heterocycles. The van der Waals surface area contributed by atoms with Crippen LogP contribution in [-0.2, 0) is 6.42 Å². The van der Waals surface area contributed by atoms with Crippen LogP contribution in [0.15, 0.2) is 18.2 Å².